The molecule has 0 radical (unpaired) electrons. The zero-order chi connectivity index (χ0) is 13.9. The normalized spacial score (nSPS) is 38.7. The van der Waals surface area contributed by atoms with E-state index in [2.05, 4.69) is 0 Å². The average molecular weight is 273 g/mol. The van der Waals surface area contributed by atoms with Crippen LogP contribution in [0, 0.1) is 18.0 Å². The van der Waals surface area contributed by atoms with Gasteiger partial charge in [-0.3, -0.25) is 4.79 Å². The van der Waals surface area contributed by atoms with Crippen molar-refractivity contribution in [3.05, 3.63) is 34.5 Å². The predicted octanol–water partition coefficient (Wildman–Crippen LogP) is 2.44. The van der Waals surface area contributed by atoms with Crippen LogP contribution >= 0.6 is 0 Å². The molecule has 4 rings (SSSR count). The maximum absolute atomic E-state index is 12.9. The van der Waals surface area contributed by atoms with Crippen molar-refractivity contribution in [3.63, 3.8) is 0 Å². The molecule has 3 aliphatic heterocycles. The molecule has 4 atom stereocenters. The van der Waals surface area contributed by atoms with Crippen LogP contribution in [0.25, 0.3) is 0 Å². The number of hydrogen-bond donors (Lipinski definition) is 0. The maximum Gasteiger partial charge on any atom is 0.179 e. The highest BCUT2D eigenvalue weighted by Crippen LogP contribution is 2.44. The first-order chi connectivity index (χ1) is 9.60. The molecule has 0 amide bonds. The molecule has 2 saturated heterocycles. The number of nitrogens with zero attached hydrogens (tertiary/aromatic N) is 1. The topological polar surface area (TPSA) is 49.4 Å². The van der Waals surface area contributed by atoms with E-state index < -0.39 is 0 Å². The van der Waals surface area contributed by atoms with E-state index >= 15 is 0 Å². The van der Waals surface area contributed by atoms with Gasteiger partial charge in [0.2, 0.25) is 0 Å². The van der Waals surface area contributed by atoms with E-state index in [4.69, 9.17) is 4.74 Å². The largest absolute Gasteiger partial charge is 0.633 e. The second kappa shape index (κ2) is 4.06. The summed E-state index contributed by atoms with van der Waals surface area (Å²) in [4.78, 5) is 12.9. The van der Waals surface area contributed by atoms with Crippen molar-refractivity contribution in [1.29, 1.82) is 0 Å². The predicted molar refractivity (Wildman–Crippen MR) is 74.4 cm³/mol. The highest BCUT2D eigenvalue weighted by Gasteiger charge is 2.54. The van der Waals surface area contributed by atoms with Crippen molar-refractivity contribution >= 4 is 5.78 Å². The van der Waals surface area contributed by atoms with Crippen LogP contribution in [0.3, 0.4) is 0 Å². The molecule has 4 heteroatoms. The average Bonchev–Trinajstić information content (AvgIpc) is 2.80. The molecule has 2 fully saturated rings. The molecule has 0 saturated carbocycles. The minimum absolute atomic E-state index is 0.0889. The molecule has 3 heterocycles. The van der Waals surface area contributed by atoms with Gasteiger partial charge >= 0.3 is 0 Å². The summed E-state index contributed by atoms with van der Waals surface area (Å²) >= 11 is 0. The lowest BCUT2D eigenvalue weighted by molar-refractivity contribution is -0.901. The van der Waals surface area contributed by atoms with Gasteiger partial charge in [-0.05, 0) is 18.6 Å². The van der Waals surface area contributed by atoms with E-state index in [1.165, 1.54) is 0 Å². The molecule has 0 unspecified atom stereocenters. The lowest BCUT2D eigenvalue weighted by Gasteiger charge is -2.53. The lowest BCUT2D eigenvalue weighted by Crippen LogP contribution is -2.62. The third-order valence-electron chi connectivity index (χ3n) is 5.31. The van der Waals surface area contributed by atoms with Gasteiger partial charge in [-0.15, -0.1) is 0 Å². The van der Waals surface area contributed by atoms with Gasteiger partial charge in [0.1, 0.15) is 23.8 Å². The van der Waals surface area contributed by atoms with Gasteiger partial charge in [0, 0.05) is 19.3 Å². The second-order valence-electron chi connectivity index (χ2n) is 6.39. The van der Waals surface area contributed by atoms with Crippen LogP contribution in [0.5, 0.6) is 5.75 Å². The van der Waals surface area contributed by atoms with Crippen LogP contribution in [0.4, 0.5) is 0 Å². The van der Waals surface area contributed by atoms with Gasteiger partial charge < -0.3 is 14.6 Å². The number of quaternary nitrogens is 1. The molecule has 0 aromatic heterocycles. The Morgan fingerprint density at radius 1 is 1.30 bits per heavy atom. The van der Waals surface area contributed by atoms with E-state index in [-0.39, 0.29) is 28.5 Å². The van der Waals surface area contributed by atoms with Crippen molar-refractivity contribution in [2.45, 2.75) is 38.3 Å². The fourth-order valence-corrected chi connectivity index (χ4v) is 4.35. The van der Waals surface area contributed by atoms with Gasteiger partial charge in [0.05, 0.1) is 18.7 Å². The van der Waals surface area contributed by atoms with Gasteiger partial charge in [-0.2, -0.15) is 0 Å². The minimum Gasteiger partial charge on any atom is -0.633 e. The zero-order valence-corrected chi connectivity index (χ0v) is 11.7. The SMILES string of the molecule is Cc1cccc2c1C(=O)[C@@H]1[C@H]3CCC[N@+]3([O-])CC[C@H]1O2. The number of hydrogen-bond acceptors (Lipinski definition) is 3. The zero-order valence-electron chi connectivity index (χ0n) is 11.7. The third kappa shape index (κ3) is 1.52. The third-order valence-corrected chi connectivity index (χ3v) is 5.31. The quantitative estimate of drug-likeness (QED) is 0.539. The Balaban J connectivity index is 1.80. The number of piperidine rings is 1. The minimum atomic E-state index is -0.239. The summed E-state index contributed by atoms with van der Waals surface area (Å²) in [6.45, 7) is 3.21. The fourth-order valence-electron chi connectivity index (χ4n) is 4.35. The number of rotatable bonds is 0. The highest BCUT2D eigenvalue weighted by atomic mass is 16.6. The number of carbonyl (C=O) groups is 1. The Morgan fingerprint density at radius 2 is 2.15 bits per heavy atom. The summed E-state index contributed by atoms with van der Waals surface area (Å²) in [7, 11) is 0. The molecular weight excluding hydrogens is 254 g/mol. The Bertz CT molecular complexity index is 585. The van der Waals surface area contributed by atoms with E-state index in [0.29, 0.717) is 30.8 Å². The number of hydroxylamine groups is 3. The molecule has 0 aliphatic carbocycles. The molecule has 3 aliphatic rings. The summed E-state index contributed by atoms with van der Waals surface area (Å²) in [6.07, 6.45) is 2.40. The lowest BCUT2D eigenvalue weighted by atomic mass is 9.78. The molecular formula is C16H19NO3. The molecule has 20 heavy (non-hydrogen) atoms. The summed E-state index contributed by atoms with van der Waals surface area (Å²) < 4.78 is 5.90. The number of benzene rings is 1. The summed E-state index contributed by atoms with van der Waals surface area (Å²) in [6, 6.07) is 5.65. The van der Waals surface area contributed by atoms with Gasteiger partial charge in [0.15, 0.2) is 5.78 Å². The molecule has 1 aromatic carbocycles. The summed E-state index contributed by atoms with van der Waals surface area (Å²) in [5, 5.41) is 12.8. The first-order valence-corrected chi connectivity index (χ1v) is 7.48. The molecule has 0 bridgehead atoms. The number of aryl methyl sites for hydroxylation is 1. The van der Waals surface area contributed by atoms with Crippen LogP contribution in [0.15, 0.2) is 18.2 Å². The highest BCUT2D eigenvalue weighted by molar-refractivity contribution is 6.03. The van der Waals surface area contributed by atoms with Crippen LogP contribution < -0.4 is 4.74 Å². The number of fused-ring (bicyclic) bond motifs is 4. The Labute approximate surface area is 118 Å². The summed E-state index contributed by atoms with van der Waals surface area (Å²) in [5.74, 6) is 0.608. The molecule has 1 aromatic rings. The Kier molecular flexibility index (Phi) is 2.51. The van der Waals surface area contributed by atoms with Crippen molar-refractivity contribution in [1.82, 2.24) is 0 Å². The first kappa shape index (κ1) is 12.4. The van der Waals surface area contributed by atoms with E-state index in [0.717, 1.165) is 18.4 Å². The van der Waals surface area contributed by atoms with Crippen molar-refractivity contribution < 1.29 is 14.2 Å². The van der Waals surface area contributed by atoms with Gasteiger partial charge in [0.25, 0.3) is 0 Å². The van der Waals surface area contributed by atoms with Crippen molar-refractivity contribution in [2.75, 3.05) is 13.1 Å². The van der Waals surface area contributed by atoms with Gasteiger partial charge in [-0.25, -0.2) is 0 Å². The van der Waals surface area contributed by atoms with Gasteiger partial charge in [-0.1, -0.05) is 12.1 Å². The van der Waals surface area contributed by atoms with Crippen LogP contribution in [0.1, 0.15) is 35.2 Å². The number of Topliss-reactive ketones (excluding diaryl/α,β-unsaturated/α-hetero) is 1. The van der Waals surface area contributed by atoms with Crippen LogP contribution in [-0.4, -0.2) is 35.7 Å². The number of ether oxygens (including phenoxy) is 1. The maximum atomic E-state index is 12.9. The van der Waals surface area contributed by atoms with E-state index in [1.54, 1.807) is 0 Å². The molecule has 4 nitrogen and oxygen atoms in total. The number of ketones is 1. The van der Waals surface area contributed by atoms with E-state index in [9.17, 15) is 10.0 Å². The summed E-state index contributed by atoms with van der Waals surface area (Å²) in [5.41, 5.74) is 1.66. The monoisotopic (exact) mass is 273 g/mol. The van der Waals surface area contributed by atoms with Crippen LogP contribution in [-0.2, 0) is 0 Å². The number of carbonyl (C=O) groups excluding carboxylic acids is 1. The second-order valence-corrected chi connectivity index (χ2v) is 6.39. The molecule has 0 spiro atoms. The van der Waals surface area contributed by atoms with Crippen molar-refractivity contribution in [3.8, 4) is 5.75 Å². The molecule has 0 N–H and O–H groups in total. The fraction of sp³-hybridized carbons (Fsp3) is 0.562. The Hall–Kier alpha value is -1.39. The molecule has 106 valence electrons. The standard InChI is InChI=1S/C16H19NO3/c1-10-4-2-6-12-14(10)16(18)15-11-5-3-8-17(11,19)9-7-13(15)20-12/h2,4,6,11,13,15H,3,5,7-9H2,1H3/t11-,13-,15-,17+/m1/s1. The van der Waals surface area contributed by atoms with Crippen LogP contribution in [0.2, 0.25) is 0 Å². The smallest absolute Gasteiger partial charge is 0.179 e. The Morgan fingerprint density at radius 3 is 3.00 bits per heavy atom. The van der Waals surface area contributed by atoms with E-state index in [1.807, 2.05) is 25.1 Å². The van der Waals surface area contributed by atoms with Crippen molar-refractivity contribution in [2.24, 2.45) is 5.92 Å². The first-order valence-electron chi connectivity index (χ1n) is 7.48.